The molecule has 110 valence electrons. The van der Waals surface area contributed by atoms with Crippen molar-refractivity contribution in [3.8, 4) is 0 Å². The Bertz CT molecular complexity index is 314. The highest BCUT2D eigenvalue weighted by molar-refractivity contribution is 5.85. The highest BCUT2D eigenvalue weighted by Gasteiger charge is 2.13. The van der Waals surface area contributed by atoms with Crippen molar-refractivity contribution in [3.63, 3.8) is 0 Å². The molecule has 0 aromatic heterocycles. The van der Waals surface area contributed by atoms with Gasteiger partial charge in [-0.15, -0.1) is 0 Å². The first kappa shape index (κ1) is 17.6. The molecule has 6 nitrogen and oxygen atoms in total. The zero-order valence-electron chi connectivity index (χ0n) is 11.8. The van der Waals surface area contributed by atoms with Crippen molar-refractivity contribution < 1.29 is 24.2 Å². The van der Waals surface area contributed by atoms with Crippen LogP contribution >= 0.6 is 0 Å². The number of carbonyl (C=O) groups is 3. The van der Waals surface area contributed by atoms with Crippen molar-refractivity contribution in [1.29, 1.82) is 0 Å². The molecule has 0 radical (unpaired) electrons. The van der Waals surface area contributed by atoms with Crippen molar-refractivity contribution in [2.75, 3.05) is 6.54 Å². The van der Waals surface area contributed by atoms with E-state index in [-0.39, 0.29) is 18.7 Å². The van der Waals surface area contributed by atoms with Gasteiger partial charge >= 0.3 is 11.9 Å². The first-order chi connectivity index (χ1) is 8.88. The molecule has 1 atom stereocenters. The molecule has 0 saturated heterocycles. The van der Waals surface area contributed by atoms with Crippen LogP contribution in [0, 0.1) is 0 Å². The van der Waals surface area contributed by atoms with E-state index in [2.05, 4.69) is 4.74 Å². The van der Waals surface area contributed by atoms with Crippen LogP contribution < -0.4 is 0 Å². The van der Waals surface area contributed by atoms with Gasteiger partial charge in [0.15, 0.2) is 0 Å². The summed E-state index contributed by atoms with van der Waals surface area (Å²) < 4.78 is 4.52. The molecule has 0 aliphatic carbocycles. The summed E-state index contributed by atoms with van der Waals surface area (Å²) in [5.74, 6) is -1.20. The Kier molecular flexibility index (Phi) is 8.78. The van der Waals surface area contributed by atoms with Gasteiger partial charge in [0.2, 0.25) is 5.91 Å². The third-order valence-electron chi connectivity index (χ3n) is 2.65. The molecule has 0 aromatic carbocycles. The predicted octanol–water partition coefficient (Wildman–Crippen LogP) is 1.21. The first-order valence-corrected chi connectivity index (χ1v) is 6.57. The van der Waals surface area contributed by atoms with E-state index in [1.54, 1.807) is 6.92 Å². The van der Waals surface area contributed by atoms with E-state index in [0.717, 1.165) is 6.42 Å². The fraction of sp³-hybridized carbons (Fsp3) is 0.769. The van der Waals surface area contributed by atoms with Crippen LogP contribution in [0.15, 0.2) is 0 Å². The van der Waals surface area contributed by atoms with Gasteiger partial charge in [0.25, 0.3) is 0 Å². The second-order valence-electron chi connectivity index (χ2n) is 4.35. The average molecular weight is 273 g/mol. The monoisotopic (exact) mass is 273 g/mol. The van der Waals surface area contributed by atoms with Gasteiger partial charge in [0.1, 0.15) is 6.23 Å². The predicted molar refractivity (Wildman–Crippen MR) is 68.9 cm³/mol. The topological polar surface area (TPSA) is 83.9 Å². The van der Waals surface area contributed by atoms with Gasteiger partial charge in [0, 0.05) is 26.3 Å². The summed E-state index contributed by atoms with van der Waals surface area (Å²) in [6, 6.07) is 0. The Balaban J connectivity index is 3.72. The summed E-state index contributed by atoms with van der Waals surface area (Å²) in [7, 11) is 0. The second kappa shape index (κ2) is 9.49. The third kappa shape index (κ3) is 8.31. The third-order valence-corrected chi connectivity index (χ3v) is 2.65. The molecule has 0 spiro atoms. The van der Waals surface area contributed by atoms with Crippen LogP contribution in [0.1, 0.15) is 52.9 Å². The molecule has 1 unspecified atom stereocenters. The highest BCUT2D eigenvalue weighted by atomic mass is 16.6. The minimum atomic E-state index is -0.801. The van der Waals surface area contributed by atoms with Crippen LogP contribution in [0.4, 0.5) is 0 Å². The van der Waals surface area contributed by atoms with Crippen LogP contribution in [0.3, 0.4) is 0 Å². The van der Waals surface area contributed by atoms with Gasteiger partial charge < -0.3 is 14.7 Å². The second-order valence-corrected chi connectivity index (χ2v) is 4.35. The SMILES string of the molecule is CCC(=O)OC(=O)CCCCCN(C(C)=O)C(C)O. The van der Waals surface area contributed by atoms with E-state index in [9.17, 15) is 19.5 Å². The van der Waals surface area contributed by atoms with Crippen molar-refractivity contribution in [2.24, 2.45) is 0 Å². The van der Waals surface area contributed by atoms with Crippen LogP contribution in [-0.4, -0.2) is 40.6 Å². The zero-order chi connectivity index (χ0) is 14.8. The van der Waals surface area contributed by atoms with Gasteiger partial charge in [-0.2, -0.15) is 0 Å². The van der Waals surface area contributed by atoms with Crippen molar-refractivity contribution in [1.82, 2.24) is 4.90 Å². The van der Waals surface area contributed by atoms with Crippen LogP contribution in [-0.2, 0) is 19.1 Å². The van der Waals surface area contributed by atoms with E-state index in [0.29, 0.717) is 19.4 Å². The lowest BCUT2D eigenvalue weighted by Crippen LogP contribution is -2.37. The van der Waals surface area contributed by atoms with Gasteiger partial charge in [0.05, 0.1) is 0 Å². The number of hydrogen-bond acceptors (Lipinski definition) is 5. The molecule has 1 amide bonds. The van der Waals surface area contributed by atoms with E-state index in [1.165, 1.54) is 18.7 Å². The van der Waals surface area contributed by atoms with Gasteiger partial charge in [-0.05, 0) is 19.8 Å². The Hall–Kier alpha value is -1.43. The summed E-state index contributed by atoms with van der Waals surface area (Å²) in [4.78, 5) is 34.5. The summed E-state index contributed by atoms with van der Waals surface area (Å²) in [6.07, 6.45) is 1.60. The fourth-order valence-electron chi connectivity index (χ4n) is 1.59. The van der Waals surface area contributed by atoms with Crippen molar-refractivity contribution in [2.45, 2.75) is 59.1 Å². The summed E-state index contributed by atoms with van der Waals surface area (Å²) >= 11 is 0. The lowest BCUT2D eigenvalue weighted by atomic mass is 10.2. The molecular weight excluding hydrogens is 250 g/mol. The number of hydrogen-bond donors (Lipinski definition) is 1. The Morgan fingerprint density at radius 1 is 1.16 bits per heavy atom. The van der Waals surface area contributed by atoms with Crippen LogP contribution in [0.25, 0.3) is 0 Å². The molecule has 19 heavy (non-hydrogen) atoms. The Labute approximate surface area is 113 Å². The van der Waals surface area contributed by atoms with Crippen LogP contribution in [0.5, 0.6) is 0 Å². The first-order valence-electron chi connectivity index (χ1n) is 6.57. The van der Waals surface area contributed by atoms with E-state index in [4.69, 9.17) is 0 Å². The van der Waals surface area contributed by atoms with Crippen molar-refractivity contribution >= 4 is 17.8 Å². The van der Waals surface area contributed by atoms with E-state index in [1.807, 2.05) is 0 Å². The molecular formula is C13H23NO5. The zero-order valence-corrected chi connectivity index (χ0v) is 11.8. The molecule has 0 heterocycles. The summed E-state index contributed by atoms with van der Waals surface area (Å²) in [6.45, 7) is 5.02. The Morgan fingerprint density at radius 2 is 1.79 bits per heavy atom. The molecule has 1 N–H and O–H groups in total. The maximum absolute atomic E-state index is 11.2. The highest BCUT2D eigenvalue weighted by Crippen LogP contribution is 2.05. The minimum Gasteiger partial charge on any atom is -0.393 e. The largest absolute Gasteiger partial charge is 0.393 e. The maximum Gasteiger partial charge on any atom is 0.313 e. The number of aliphatic hydroxyl groups is 1. The lowest BCUT2D eigenvalue weighted by Gasteiger charge is -2.23. The molecule has 0 fully saturated rings. The van der Waals surface area contributed by atoms with E-state index < -0.39 is 18.2 Å². The molecule has 0 aliphatic rings. The van der Waals surface area contributed by atoms with Gasteiger partial charge in [-0.1, -0.05) is 13.3 Å². The number of rotatable bonds is 8. The van der Waals surface area contributed by atoms with Gasteiger partial charge in [-0.3, -0.25) is 14.4 Å². The van der Waals surface area contributed by atoms with Gasteiger partial charge in [-0.25, -0.2) is 0 Å². The molecule has 0 bridgehead atoms. The quantitative estimate of drug-likeness (QED) is 0.311. The molecule has 6 heteroatoms. The molecule has 0 rings (SSSR count). The smallest absolute Gasteiger partial charge is 0.313 e. The minimum absolute atomic E-state index is 0.178. The number of amides is 1. The lowest BCUT2D eigenvalue weighted by molar-refractivity contribution is -0.159. The average Bonchev–Trinajstić information content (AvgIpc) is 2.32. The number of unbranched alkanes of at least 4 members (excludes halogenated alkanes) is 2. The summed E-state index contributed by atoms with van der Waals surface area (Å²) in [5.41, 5.74) is 0. The Morgan fingerprint density at radius 3 is 2.26 bits per heavy atom. The number of aliphatic hydroxyl groups excluding tert-OH is 1. The number of esters is 2. The maximum atomic E-state index is 11.2. The number of nitrogens with zero attached hydrogens (tertiary/aromatic N) is 1. The number of ether oxygens (including phenoxy) is 1. The molecule has 0 aromatic rings. The van der Waals surface area contributed by atoms with Crippen molar-refractivity contribution in [3.05, 3.63) is 0 Å². The molecule has 0 saturated carbocycles. The molecule has 0 aliphatic heterocycles. The summed E-state index contributed by atoms with van der Waals surface area (Å²) in [5, 5.41) is 9.35. The van der Waals surface area contributed by atoms with E-state index >= 15 is 0 Å². The standard InChI is InChI=1S/C13H23NO5/c1-4-12(17)19-13(18)8-6-5-7-9-14(10(2)15)11(3)16/h10,15H,4-9H2,1-3H3. The fourth-order valence-corrected chi connectivity index (χ4v) is 1.59. The normalized spacial score (nSPS) is 11.8. The van der Waals surface area contributed by atoms with Crippen LogP contribution in [0.2, 0.25) is 0 Å². The number of carbonyl (C=O) groups excluding carboxylic acids is 3.